The van der Waals surface area contributed by atoms with E-state index in [2.05, 4.69) is 26.1 Å². The van der Waals surface area contributed by atoms with E-state index in [0.717, 1.165) is 25.3 Å². The van der Waals surface area contributed by atoms with E-state index in [0.29, 0.717) is 12.0 Å². The van der Waals surface area contributed by atoms with Gasteiger partial charge in [0.1, 0.15) is 12.4 Å². The standard InChI is InChI=1S/C14H23NO/c1-4-10-15-14(12(2)3)11-16-13-8-6-5-7-9-13/h5-9,12,14-15H,4,10-11H2,1-3H3. The first kappa shape index (κ1) is 13.0. The van der Waals surface area contributed by atoms with E-state index >= 15 is 0 Å². The average Bonchev–Trinajstić information content (AvgIpc) is 2.30. The highest BCUT2D eigenvalue weighted by atomic mass is 16.5. The molecular weight excluding hydrogens is 198 g/mol. The number of rotatable bonds is 7. The molecule has 0 fully saturated rings. The molecule has 0 bridgehead atoms. The molecule has 0 aliphatic carbocycles. The van der Waals surface area contributed by atoms with Gasteiger partial charge in [-0.05, 0) is 31.0 Å². The zero-order valence-corrected chi connectivity index (χ0v) is 10.6. The fraction of sp³-hybridized carbons (Fsp3) is 0.571. The molecule has 0 heterocycles. The lowest BCUT2D eigenvalue weighted by molar-refractivity contribution is 0.230. The summed E-state index contributed by atoms with van der Waals surface area (Å²) in [5, 5.41) is 3.51. The van der Waals surface area contributed by atoms with Crippen LogP contribution in [0.5, 0.6) is 5.75 Å². The summed E-state index contributed by atoms with van der Waals surface area (Å²) in [5.41, 5.74) is 0. The molecule has 0 amide bonds. The molecule has 90 valence electrons. The van der Waals surface area contributed by atoms with Crippen molar-refractivity contribution >= 4 is 0 Å². The monoisotopic (exact) mass is 221 g/mol. The third-order valence-electron chi connectivity index (χ3n) is 2.63. The van der Waals surface area contributed by atoms with Gasteiger partial charge >= 0.3 is 0 Å². The SMILES string of the molecule is CCCNC(COc1ccccc1)C(C)C. The molecule has 1 rings (SSSR count). The van der Waals surface area contributed by atoms with Gasteiger partial charge in [-0.3, -0.25) is 0 Å². The van der Waals surface area contributed by atoms with Gasteiger partial charge in [-0.15, -0.1) is 0 Å². The van der Waals surface area contributed by atoms with Gasteiger partial charge in [0, 0.05) is 6.04 Å². The summed E-state index contributed by atoms with van der Waals surface area (Å²) < 4.78 is 5.76. The lowest BCUT2D eigenvalue weighted by atomic mass is 10.1. The van der Waals surface area contributed by atoms with Crippen molar-refractivity contribution in [1.82, 2.24) is 5.32 Å². The Kier molecular flexibility index (Phi) is 5.94. The maximum absolute atomic E-state index is 5.76. The molecule has 1 unspecified atom stereocenters. The molecule has 0 saturated carbocycles. The molecule has 1 aromatic rings. The highest BCUT2D eigenvalue weighted by molar-refractivity contribution is 5.20. The minimum atomic E-state index is 0.431. The highest BCUT2D eigenvalue weighted by Crippen LogP contribution is 2.10. The molecule has 0 radical (unpaired) electrons. The summed E-state index contributed by atoms with van der Waals surface area (Å²) in [4.78, 5) is 0. The highest BCUT2D eigenvalue weighted by Gasteiger charge is 2.12. The summed E-state index contributed by atoms with van der Waals surface area (Å²) in [5.74, 6) is 1.54. The van der Waals surface area contributed by atoms with Crippen LogP contribution in [0.25, 0.3) is 0 Å². The molecule has 2 heteroatoms. The Morgan fingerprint density at radius 1 is 1.19 bits per heavy atom. The van der Waals surface area contributed by atoms with Crippen LogP contribution in [0.1, 0.15) is 27.2 Å². The molecule has 0 spiro atoms. The van der Waals surface area contributed by atoms with Crippen LogP contribution in [0.4, 0.5) is 0 Å². The van der Waals surface area contributed by atoms with E-state index in [9.17, 15) is 0 Å². The van der Waals surface area contributed by atoms with Crippen LogP contribution in [0.15, 0.2) is 30.3 Å². The lowest BCUT2D eigenvalue weighted by Crippen LogP contribution is -2.39. The molecule has 1 atom stereocenters. The third kappa shape index (κ3) is 4.67. The molecule has 0 aliphatic rings. The molecule has 0 saturated heterocycles. The van der Waals surface area contributed by atoms with Gasteiger partial charge in [0.25, 0.3) is 0 Å². The Hall–Kier alpha value is -1.02. The first-order valence-electron chi connectivity index (χ1n) is 6.15. The minimum Gasteiger partial charge on any atom is -0.492 e. The van der Waals surface area contributed by atoms with Gasteiger partial charge in [-0.1, -0.05) is 39.0 Å². The van der Waals surface area contributed by atoms with Crippen molar-refractivity contribution in [1.29, 1.82) is 0 Å². The van der Waals surface area contributed by atoms with Crippen molar-refractivity contribution in [3.8, 4) is 5.75 Å². The maximum Gasteiger partial charge on any atom is 0.119 e. The van der Waals surface area contributed by atoms with Crippen LogP contribution < -0.4 is 10.1 Å². The molecule has 16 heavy (non-hydrogen) atoms. The predicted octanol–water partition coefficient (Wildman–Crippen LogP) is 3.09. The third-order valence-corrected chi connectivity index (χ3v) is 2.63. The second-order valence-electron chi connectivity index (χ2n) is 4.43. The van der Waals surface area contributed by atoms with E-state index in [1.807, 2.05) is 30.3 Å². The van der Waals surface area contributed by atoms with E-state index in [-0.39, 0.29) is 0 Å². The average molecular weight is 221 g/mol. The van der Waals surface area contributed by atoms with Gasteiger partial charge in [-0.25, -0.2) is 0 Å². The summed E-state index contributed by atoms with van der Waals surface area (Å²) in [6, 6.07) is 10.4. The zero-order chi connectivity index (χ0) is 11.8. The Bertz CT molecular complexity index is 271. The first-order valence-corrected chi connectivity index (χ1v) is 6.15. The second-order valence-corrected chi connectivity index (χ2v) is 4.43. The molecule has 0 aromatic heterocycles. The van der Waals surface area contributed by atoms with Crippen LogP contribution in [0, 0.1) is 5.92 Å². The van der Waals surface area contributed by atoms with Crippen molar-refractivity contribution in [2.24, 2.45) is 5.92 Å². The topological polar surface area (TPSA) is 21.3 Å². The van der Waals surface area contributed by atoms with Crippen molar-refractivity contribution in [3.63, 3.8) is 0 Å². The quantitative estimate of drug-likeness (QED) is 0.764. The minimum absolute atomic E-state index is 0.431. The number of hydrogen-bond acceptors (Lipinski definition) is 2. The van der Waals surface area contributed by atoms with E-state index < -0.39 is 0 Å². The van der Waals surface area contributed by atoms with Gasteiger partial charge in [0.05, 0.1) is 0 Å². The van der Waals surface area contributed by atoms with Crippen LogP contribution in [0.2, 0.25) is 0 Å². The molecule has 0 aliphatic heterocycles. The number of para-hydroxylation sites is 1. The molecule has 2 nitrogen and oxygen atoms in total. The molecular formula is C14H23NO. The van der Waals surface area contributed by atoms with Crippen LogP contribution in [-0.4, -0.2) is 19.2 Å². The first-order chi connectivity index (χ1) is 7.74. The molecule has 1 aromatic carbocycles. The largest absolute Gasteiger partial charge is 0.492 e. The van der Waals surface area contributed by atoms with Gasteiger partial charge in [0.2, 0.25) is 0 Å². The van der Waals surface area contributed by atoms with Crippen LogP contribution in [-0.2, 0) is 0 Å². The fourth-order valence-electron chi connectivity index (χ4n) is 1.52. The van der Waals surface area contributed by atoms with Crippen molar-refractivity contribution in [2.75, 3.05) is 13.2 Å². The van der Waals surface area contributed by atoms with E-state index in [4.69, 9.17) is 4.74 Å². The molecule has 1 N–H and O–H groups in total. The van der Waals surface area contributed by atoms with Gasteiger partial charge < -0.3 is 10.1 Å². The number of benzene rings is 1. The Labute approximate surface area is 99.0 Å². The van der Waals surface area contributed by atoms with Gasteiger partial charge in [0.15, 0.2) is 0 Å². The van der Waals surface area contributed by atoms with Crippen molar-refractivity contribution in [2.45, 2.75) is 33.2 Å². The number of hydrogen-bond donors (Lipinski definition) is 1. The lowest BCUT2D eigenvalue weighted by Gasteiger charge is -2.22. The Morgan fingerprint density at radius 3 is 2.44 bits per heavy atom. The maximum atomic E-state index is 5.76. The van der Waals surface area contributed by atoms with Crippen LogP contribution >= 0.6 is 0 Å². The normalized spacial score (nSPS) is 12.8. The van der Waals surface area contributed by atoms with Crippen LogP contribution in [0.3, 0.4) is 0 Å². The summed E-state index contributed by atoms with van der Waals surface area (Å²) in [7, 11) is 0. The summed E-state index contributed by atoms with van der Waals surface area (Å²) >= 11 is 0. The Morgan fingerprint density at radius 2 is 1.88 bits per heavy atom. The fourth-order valence-corrected chi connectivity index (χ4v) is 1.52. The van der Waals surface area contributed by atoms with E-state index in [1.165, 1.54) is 0 Å². The van der Waals surface area contributed by atoms with Crippen molar-refractivity contribution in [3.05, 3.63) is 30.3 Å². The second kappa shape index (κ2) is 7.29. The predicted molar refractivity (Wildman–Crippen MR) is 68.9 cm³/mol. The number of nitrogens with one attached hydrogen (secondary N) is 1. The van der Waals surface area contributed by atoms with E-state index in [1.54, 1.807) is 0 Å². The zero-order valence-electron chi connectivity index (χ0n) is 10.6. The van der Waals surface area contributed by atoms with Gasteiger partial charge in [-0.2, -0.15) is 0 Å². The smallest absolute Gasteiger partial charge is 0.119 e. The summed E-state index contributed by atoms with van der Waals surface area (Å²) in [6.45, 7) is 8.43. The summed E-state index contributed by atoms with van der Waals surface area (Å²) in [6.07, 6.45) is 1.16. The number of ether oxygens (including phenoxy) is 1. The van der Waals surface area contributed by atoms with Crippen molar-refractivity contribution < 1.29 is 4.74 Å². The Balaban J connectivity index is 2.38.